The van der Waals surface area contributed by atoms with E-state index in [1.807, 2.05) is 40.7 Å². The van der Waals surface area contributed by atoms with E-state index in [4.69, 9.17) is 9.47 Å². The van der Waals surface area contributed by atoms with Crippen LogP contribution in [0.2, 0.25) is 0 Å². The first-order valence-corrected chi connectivity index (χ1v) is 10.2. The fourth-order valence-electron chi connectivity index (χ4n) is 5.02. The maximum Gasteiger partial charge on any atom is 0.306 e. The first kappa shape index (κ1) is 21.9. The Balaban J connectivity index is 2.46. The van der Waals surface area contributed by atoms with E-state index in [2.05, 4.69) is 6.92 Å². The van der Waals surface area contributed by atoms with Gasteiger partial charge in [-0.1, -0.05) is 40.2 Å². The maximum absolute atomic E-state index is 12.5. The highest BCUT2D eigenvalue weighted by Crippen LogP contribution is 2.58. The van der Waals surface area contributed by atoms with Crippen LogP contribution in [-0.4, -0.2) is 34.9 Å². The summed E-state index contributed by atoms with van der Waals surface area (Å²) in [4.78, 5) is 24.2. The van der Waals surface area contributed by atoms with Gasteiger partial charge in [0.2, 0.25) is 0 Å². The molecule has 0 aromatic carbocycles. The lowest BCUT2D eigenvalue weighted by molar-refractivity contribution is -0.176. The zero-order valence-electron chi connectivity index (χ0n) is 17.9. The number of aliphatic hydroxyl groups is 1. The van der Waals surface area contributed by atoms with E-state index < -0.39 is 23.2 Å². The third kappa shape index (κ3) is 4.39. The Bertz CT molecular complexity index is 608. The summed E-state index contributed by atoms with van der Waals surface area (Å²) in [6.45, 7) is 13.4. The van der Waals surface area contributed by atoms with Crippen LogP contribution in [0.3, 0.4) is 0 Å². The van der Waals surface area contributed by atoms with Gasteiger partial charge in [-0.25, -0.2) is 0 Å². The SMILES string of the molecule is CC(=O)O[C@@H]1C=C(C)C[C@H](OC(=O)CC(C)C)[C@@H]2[C@]1(C)CC[C@@]2(O)C(C)C. The van der Waals surface area contributed by atoms with Crippen molar-refractivity contribution in [2.75, 3.05) is 0 Å². The van der Waals surface area contributed by atoms with E-state index in [0.29, 0.717) is 25.7 Å². The number of esters is 2. The van der Waals surface area contributed by atoms with E-state index in [-0.39, 0.29) is 29.7 Å². The summed E-state index contributed by atoms with van der Waals surface area (Å²) in [5.74, 6) is -0.632. The van der Waals surface area contributed by atoms with Crippen molar-refractivity contribution in [2.24, 2.45) is 23.2 Å². The molecule has 0 radical (unpaired) electrons. The van der Waals surface area contributed by atoms with Gasteiger partial charge in [0.25, 0.3) is 0 Å². The molecule has 27 heavy (non-hydrogen) atoms. The molecule has 0 saturated heterocycles. The van der Waals surface area contributed by atoms with E-state index in [0.717, 1.165) is 5.57 Å². The average molecular weight is 381 g/mol. The topological polar surface area (TPSA) is 72.8 Å². The molecule has 0 aromatic rings. The van der Waals surface area contributed by atoms with Gasteiger partial charge in [0.1, 0.15) is 12.2 Å². The summed E-state index contributed by atoms with van der Waals surface area (Å²) in [7, 11) is 0. The minimum absolute atomic E-state index is 0.00649. The Morgan fingerprint density at radius 3 is 2.37 bits per heavy atom. The highest BCUT2D eigenvalue weighted by Gasteiger charge is 2.63. The smallest absolute Gasteiger partial charge is 0.306 e. The van der Waals surface area contributed by atoms with Gasteiger partial charge in [-0.2, -0.15) is 0 Å². The van der Waals surface area contributed by atoms with Crippen molar-refractivity contribution in [1.29, 1.82) is 0 Å². The summed E-state index contributed by atoms with van der Waals surface area (Å²) in [5, 5.41) is 11.6. The van der Waals surface area contributed by atoms with Gasteiger partial charge >= 0.3 is 11.9 Å². The summed E-state index contributed by atoms with van der Waals surface area (Å²) >= 11 is 0. The number of hydrogen-bond donors (Lipinski definition) is 1. The van der Waals surface area contributed by atoms with Crippen molar-refractivity contribution in [3.05, 3.63) is 11.6 Å². The van der Waals surface area contributed by atoms with Gasteiger partial charge in [-0.3, -0.25) is 9.59 Å². The van der Waals surface area contributed by atoms with Crippen LogP contribution < -0.4 is 0 Å². The standard InChI is InChI=1S/C22H36O5/c1-13(2)10-19(24)27-17-11-15(5)12-18(26-16(6)23)21(7)8-9-22(25,14(3)4)20(17)21/h12-14,17-18,20,25H,8-11H2,1-7H3/t17-,18+,20+,21+,22+/m0/s1. The highest BCUT2D eigenvalue weighted by molar-refractivity contribution is 5.70. The minimum atomic E-state index is -0.964. The predicted molar refractivity (Wildman–Crippen MR) is 104 cm³/mol. The third-order valence-corrected chi connectivity index (χ3v) is 6.44. The molecule has 154 valence electrons. The van der Waals surface area contributed by atoms with Crippen LogP contribution in [0.5, 0.6) is 0 Å². The lowest BCUT2D eigenvalue weighted by Gasteiger charge is -2.45. The summed E-state index contributed by atoms with van der Waals surface area (Å²) in [6.07, 6.45) is 3.36. The van der Waals surface area contributed by atoms with Crippen molar-refractivity contribution >= 4 is 11.9 Å². The molecule has 5 heteroatoms. The Morgan fingerprint density at radius 2 is 1.85 bits per heavy atom. The van der Waals surface area contributed by atoms with Gasteiger partial charge in [-0.05, 0) is 37.7 Å². The van der Waals surface area contributed by atoms with Crippen molar-refractivity contribution in [3.63, 3.8) is 0 Å². The molecule has 0 amide bonds. The molecule has 2 aliphatic rings. The summed E-state index contributed by atoms with van der Waals surface area (Å²) in [5.41, 5.74) is -0.426. The van der Waals surface area contributed by atoms with Crippen molar-refractivity contribution in [2.45, 2.75) is 92.0 Å². The number of ether oxygens (including phenoxy) is 2. The largest absolute Gasteiger partial charge is 0.462 e. The van der Waals surface area contributed by atoms with E-state index in [1.165, 1.54) is 6.92 Å². The van der Waals surface area contributed by atoms with Crippen molar-refractivity contribution in [3.8, 4) is 0 Å². The Kier molecular flexibility index (Phi) is 6.45. The monoisotopic (exact) mass is 380 g/mol. The van der Waals surface area contributed by atoms with Crippen LogP contribution in [-0.2, 0) is 19.1 Å². The minimum Gasteiger partial charge on any atom is -0.462 e. The quantitative estimate of drug-likeness (QED) is 0.576. The molecule has 1 saturated carbocycles. The fourth-order valence-corrected chi connectivity index (χ4v) is 5.02. The molecule has 5 atom stereocenters. The molecule has 2 aliphatic carbocycles. The molecule has 1 N–H and O–H groups in total. The van der Waals surface area contributed by atoms with Gasteiger partial charge in [0, 0.05) is 31.1 Å². The van der Waals surface area contributed by atoms with E-state index in [1.54, 1.807) is 0 Å². The number of carbonyl (C=O) groups excluding carboxylic acids is 2. The molecule has 0 heterocycles. The van der Waals surface area contributed by atoms with Crippen LogP contribution >= 0.6 is 0 Å². The normalized spacial score (nSPS) is 36.2. The second-order valence-corrected chi connectivity index (χ2v) is 9.50. The molecular weight excluding hydrogens is 344 g/mol. The number of fused-ring (bicyclic) bond motifs is 1. The Hall–Kier alpha value is -1.36. The van der Waals surface area contributed by atoms with Crippen LogP contribution in [0.4, 0.5) is 0 Å². The maximum atomic E-state index is 12.5. The van der Waals surface area contributed by atoms with Crippen LogP contribution in [0, 0.1) is 23.2 Å². The highest BCUT2D eigenvalue weighted by atomic mass is 16.6. The average Bonchev–Trinajstić information content (AvgIpc) is 2.73. The van der Waals surface area contributed by atoms with Gasteiger partial charge in [0.05, 0.1) is 5.60 Å². The van der Waals surface area contributed by atoms with Gasteiger partial charge in [0.15, 0.2) is 0 Å². The molecule has 0 aromatic heterocycles. The predicted octanol–water partition coefficient (Wildman–Crippen LogP) is 4.03. The Morgan fingerprint density at radius 1 is 1.22 bits per heavy atom. The molecule has 0 unspecified atom stereocenters. The zero-order valence-corrected chi connectivity index (χ0v) is 17.9. The lowest BCUT2D eigenvalue weighted by atomic mass is 9.66. The van der Waals surface area contributed by atoms with Crippen LogP contribution in [0.1, 0.15) is 74.1 Å². The Labute approximate surface area is 163 Å². The molecule has 0 bridgehead atoms. The van der Waals surface area contributed by atoms with Crippen molar-refractivity contribution in [1.82, 2.24) is 0 Å². The summed E-state index contributed by atoms with van der Waals surface area (Å²) in [6, 6.07) is 0. The second-order valence-electron chi connectivity index (χ2n) is 9.50. The fraction of sp³-hybridized carbons (Fsp3) is 0.818. The van der Waals surface area contributed by atoms with Crippen molar-refractivity contribution < 1.29 is 24.2 Å². The number of hydrogen-bond acceptors (Lipinski definition) is 5. The van der Waals surface area contributed by atoms with E-state index in [9.17, 15) is 14.7 Å². The molecule has 1 fully saturated rings. The first-order valence-electron chi connectivity index (χ1n) is 10.2. The van der Waals surface area contributed by atoms with E-state index >= 15 is 0 Å². The van der Waals surface area contributed by atoms with Gasteiger partial charge < -0.3 is 14.6 Å². The molecular formula is C22H36O5. The summed E-state index contributed by atoms with van der Waals surface area (Å²) < 4.78 is 11.6. The second kappa shape index (κ2) is 7.94. The lowest BCUT2D eigenvalue weighted by Crippen LogP contribution is -2.53. The zero-order chi connectivity index (χ0) is 20.6. The number of rotatable bonds is 5. The molecule has 0 spiro atoms. The molecule has 0 aliphatic heterocycles. The van der Waals surface area contributed by atoms with Crippen LogP contribution in [0.25, 0.3) is 0 Å². The first-order chi connectivity index (χ1) is 12.4. The molecule has 5 nitrogen and oxygen atoms in total. The number of carbonyl (C=O) groups is 2. The third-order valence-electron chi connectivity index (χ3n) is 6.44. The van der Waals surface area contributed by atoms with Crippen LogP contribution in [0.15, 0.2) is 11.6 Å². The van der Waals surface area contributed by atoms with Gasteiger partial charge in [-0.15, -0.1) is 0 Å². The molecule has 2 rings (SSSR count).